The third-order valence-electron chi connectivity index (χ3n) is 3.78. The monoisotopic (exact) mass is 365 g/mol. The van der Waals surface area contributed by atoms with Gasteiger partial charge >= 0.3 is 0 Å². The number of anilines is 1. The zero-order valence-electron chi connectivity index (χ0n) is 14.8. The molecule has 0 radical (unpaired) electrons. The number of halogens is 1. The lowest BCUT2D eigenvalue weighted by molar-refractivity contribution is -0.113. The number of aryl methyl sites for hydroxylation is 2. The van der Waals surface area contributed by atoms with Gasteiger partial charge in [0, 0.05) is 22.9 Å². The van der Waals surface area contributed by atoms with E-state index in [1.54, 1.807) is 6.07 Å². The fourth-order valence-electron chi connectivity index (χ4n) is 2.36. The van der Waals surface area contributed by atoms with E-state index in [-0.39, 0.29) is 5.91 Å². The van der Waals surface area contributed by atoms with Crippen LogP contribution in [0.4, 0.5) is 5.69 Å². The molecule has 0 aliphatic rings. The lowest BCUT2D eigenvalue weighted by Crippen LogP contribution is -2.16. The summed E-state index contributed by atoms with van der Waals surface area (Å²) in [4.78, 5) is 16.9. The molecule has 1 amide bonds. The molecule has 0 fully saturated rings. The molecule has 0 aliphatic heterocycles. The van der Waals surface area contributed by atoms with Gasteiger partial charge in [0.05, 0.1) is 11.4 Å². The average molecular weight is 366 g/mol. The summed E-state index contributed by atoms with van der Waals surface area (Å²) in [5, 5.41) is 4.43. The van der Waals surface area contributed by atoms with Crippen molar-refractivity contribution in [2.45, 2.75) is 46.3 Å². The van der Waals surface area contributed by atoms with Crippen LogP contribution in [0, 0.1) is 26.7 Å². The van der Waals surface area contributed by atoms with Crippen molar-refractivity contribution in [2.75, 3.05) is 11.1 Å². The van der Waals surface area contributed by atoms with Gasteiger partial charge in [0.1, 0.15) is 0 Å². The molecule has 24 heavy (non-hydrogen) atoms. The maximum atomic E-state index is 12.3. The van der Waals surface area contributed by atoms with Gasteiger partial charge in [-0.05, 0) is 44.4 Å². The largest absolute Gasteiger partial charge is 0.325 e. The molecule has 2 aromatic rings. The van der Waals surface area contributed by atoms with E-state index in [1.807, 2.05) is 26.0 Å². The highest BCUT2D eigenvalue weighted by atomic mass is 35.5. The summed E-state index contributed by atoms with van der Waals surface area (Å²) < 4.78 is 2.20. The highest BCUT2D eigenvalue weighted by Crippen LogP contribution is 2.24. The van der Waals surface area contributed by atoms with Crippen molar-refractivity contribution in [3.8, 4) is 0 Å². The van der Waals surface area contributed by atoms with E-state index in [1.165, 1.54) is 11.8 Å². The molecular formula is C18H24ClN3OS. The number of amides is 1. The first kappa shape index (κ1) is 18.9. The van der Waals surface area contributed by atoms with Crippen LogP contribution >= 0.6 is 23.4 Å². The summed E-state index contributed by atoms with van der Waals surface area (Å²) in [5.41, 5.74) is 3.93. The number of carbonyl (C=O) groups excluding carboxylic acids is 1. The molecule has 130 valence electrons. The lowest BCUT2D eigenvalue weighted by Gasteiger charge is -2.12. The molecule has 0 bridgehead atoms. The number of benzene rings is 1. The highest BCUT2D eigenvalue weighted by Gasteiger charge is 2.14. The number of hydrogen-bond donors (Lipinski definition) is 1. The minimum absolute atomic E-state index is 0.0558. The lowest BCUT2D eigenvalue weighted by atomic mass is 10.2. The molecule has 1 aromatic heterocycles. The number of nitrogens with zero attached hydrogens (tertiary/aromatic N) is 2. The molecule has 1 N–H and O–H groups in total. The topological polar surface area (TPSA) is 46.9 Å². The number of carbonyl (C=O) groups is 1. The molecule has 0 atom stereocenters. The summed E-state index contributed by atoms with van der Waals surface area (Å²) >= 11 is 7.46. The van der Waals surface area contributed by atoms with Gasteiger partial charge in [-0.2, -0.15) is 0 Å². The molecule has 6 heteroatoms. The first-order valence-electron chi connectivity index (χ1n) is 8.00. The van der Waals surface area contributed by atoms with Crippen LogP contribution in [0.25, 0.3) is 0 Å². The van der Waals surface area contributed by atoms with Gasteiger partial charge in [-0.25, -0.2) is 4.98 Å². The Kier molecular flexibility index (Phi) is 6.35. The zero-order valence-corrected chi connectivity index (χ0v) is 16.4. The highest BCUT2D eigenvalue weighted by molar-refractivity contribution is 7.99. The summed E-state index contributed by atoms with van der Waals surface area (Å²) in [6.45, 7) is 11.3. The molecular weight excluding hydrogens is 342 g/mol. The van der Waals surface area contributed by atoms with E-state index in [4.69, 9.17) is 11.6 Å². The van der Waals surface area contributed by atoms with Gasteiger partial charge in [-0.1, -0.05) is 43.3 Å². The van der Waals surface area contributed by atoms with Crippen molar-refractivity contribution in [1.82, 2.24) is 9.55 Å². The van der Waals surface area contributed by atoms with E-state index >= 15 is 0 Å². The van der Waals surface area contributed by atoms with E-state index in [0.717, 1.165) is 34.3 Å². The first-order chi connectivity index (χ1) is 11.3. The van der Waals surface area contributed by atoms with Gasteiger partial charge in [0.25, 0.3) is 0 Å². The van der Waals surface area contributed by atoms with Crippen LogP contribution in [-0.4, -0.2) is 21.2 Å². The minimum atomic E-state index is -0.0558. The van der Waals surface area contributed by atoms with E-state index in [2.05, 4.69) is 35.6 Å². The summed E-state index contributed by atoms with van der Waals surface area (Å²) in [6, 6.07) is 5.48. The number of imidazole rings is 1. The van der Waals surface area contributed by atoms with Gasteiger partial charge in [0.15, 0.2) is 5.16 Å². The van der Waals surface area contributed by atoms with Crippen molar-refractivity contribution in [2.24, 2.45) is 5.92 Å². The maximum absolute atomic E-state index is 12.3. The Bertz CT molecular complexity index is 740. The van der Waals surface area contributed by atoms with Crippen LogP contribution in [0.15, 0.2) is 23.4 Å². The molecule has 0 saturated heterocycles. The standard InChI is InChI=1S/C18H24ClN3OS/c1-11(2)9-22-14(5)13(4)20-18(22)24-10-17(23)21-16-8-15(19)7-6-12(16)3/h6-8,11H,9-10H2,1-5H3,(H,21,23). The van der Waals surface area contributed by atoms with Gasteiger partial charge in [-0.3, -0.25) is 4.79 Å². The van der Waals surface area contributed by atoms with Crippen molar-refractivity contribution < 1.29 is 4.79 Å². The normalized spacial score (nSPS) is 11.1. The Hall–Kier alpha value is -1.46. The number of aromatic nitrogens is 2. The Morgan fingerprint density at radius 1 is 1.33 bits per heavy atom. The van der Waals surface area contributed by atoms with Crippen LogP contribution in [0.3, 0.4) is 0 Å². The van der Waals surface area contributed by atoms with Gasteiger partial charge < -0.3 is 9.88 Å². The van der Waals surface area contributed by atoms with Crippen LogP contribution < -0.4 is 5.32 Å². The van der Waals surface area contributed by atoms with Crippen molar-refractivity contribution >= 4 is 35.0 Å². The number of thioether (sulfide) groups is 1. The van der Waals surface area contributed by atoms with Crippen molar-refractivity contribution in [1.29, 1.82) is 0 Å². The Morgan fingerprint density at radius 2 is 2.04 bits per heavy atom. The molecule has 0 unspecified atom stereocenters. The third-order valence-corrected chi connectivity index (χ3v) is 4.99. The molecule has 2 rings (SSSR count). The van der Waals surface area contributed by atoms with Crippen molar-refractivity contribution in [3.63, 3.8) is 0 Å². The Labute approximate surface area is 153 Å². The Balaban J connectivity index is 2.04. The molecule has 1 heterocycles. The predicted molar refractivity (Wildman–Crippen MR) is 102 cm³/mol. The maximum Gasteiger partial charge on any atom is 0.234 e. The van der Waals surface area contributed by atoms with E-state index in [0.29, 0.717) is 16.7 Å². The van der Waals surface area contributed by atoms with Crippen molar-refractivity contribution in [3.05, 3.63) is 40.2 Å². The summed E-state index contributed by atoms with van der Waals surface area (Å²) in [6.07, 6.45) is 0. The predicted octanol–water partition coefficient (Wildman–Crippen LogP) is 4.85. The van der Waals surface area contributed by atoms with Gasteiger partial charge in [-0.15, -0.1) is 0 Å². The molecule has 0 saturated carbocycles. The second-order valence-corrected chi connectivity index (χ2v) is 7.74. The van der Waals surface area contributed by atoms with Crippen LogP contribution in [0.2, 0.25) is 5.02 Å². The molecule has 0 spiro atoms. The smallest absolute Gasteiger partial charge is 0.234 e. The Morgan fingerprint density at radius 3 is 2.71 bits per heavy atom. The quantitative estimate of drug-likeness (QED) is 0.744. The second-order valence-electron chi connectivity index (χ2n) is 6.37. The van der Waals surface area contributed by atoms with Crippen LogP contribution in [0.1, 0.15) is 30.8 Å². The number of nitrogens with one attached hydrogen (secondary N) is 1. The fraction of sp³-hybridized carbons (Fsp3) is 0.444. The molecule has 4 nitrogen and oxygen atoms in total. The molecule has 1 aromatic carbocycles. The number of hydrogen-bond acceptors (Lipinski definition) is 3. The van der Waals surface area contributed by atoms with Crippen LogP contribution in [0.5, 0.6) is 0 Å². The van der Waals surface area contributed by atoms with E-state index in [9.17, 15) is 4.79 Å². The zero-order chi connectivity index (χ0) is 17.9. The SMILES string of the molecule is Cc1ccc(Cl)cc1NC(=O)CSc1nc(C)c(C)n1CC(C)C. The van der Waals surface area contributed by atoms with Crippen LogP contribution in [-0.2, 0) is 11.3 Å². The summed E-state index contributed by atoms with van der Waals surface area (Å²) in [5.74, 6) is 0.791. The first-order valence-corrected chi connectivity index (χ1v) is 9.36. The minimum Gasteiger partial charge on any atom is -0.325 e. The summed E-state index contributed by atoms with van der Waals surface area (Å²) in [7, 11) is 0. The second kappa shape index (κ2) is 8.08. The van der Waals surface area contributed by atoms with Gasteiger partial charge in [0.2, 0.25) is 5.91 Å². The average Bonchev–Trinajstić information content (AvgIpc) is 2.76. The molecule has 0 aliphatic carbocycles. The fourth-order valence-corrected chi connectivity index (χ4v) is 3.43. The third kappa shape index (κ3) is 4.77. The number of rotatable bonds is 6. The van der Waals surface area contributed by atoms with E-state index < -0.39 is 0 Å².